The van der Waals surface area contributed by atoms with Gasteiger partial charge in [0.25, 0.3) is 0 Å². The van der Waals surface area contributed by atoms with Crippen LogP contribution in [0.2, 0.25) is 0 Å². The Morgan fingerprint density at radius 1 is 1.09 bits per heavy atom. The molecule has 1 fully saturated rings. The summed E-state index contributed by atoms with van der Waals surface area (Å²) in [6, 6.07) is 0. The van der Waals surface area contributed by atoms with Crippen molar-refractivity contribution in [2.45, 2.75) is 65.2 Å². The summed E-state index contributed by atoms with van der Waals surface area (Å²) in [7, 11) is 0. The molecule has 0 atom stereocenters. The molecule has 0 spiro atoms. The van der Waals surface area contributed by atoms with E-state index >= 15 is 0 Å². The van der Waals surface area contributed by atoms with E-state index in [1.54, 1.807) is 6.92 Å². The molecule has 0 aliphatic heterocycles. The van der Waals surface area contributed by atoms with Crippen molar-refractivity contribution in [3.8, 4) is 0 Å². The monoisotopic (exact) mass is 312 g/mol. The maximum atomic E-state index is 12.0. The first-order valence-corrected chi connectivity index (χ1v) is 8.53. The standard InChI is InChI=1S/C18H30O4.H2/c1-4-7-15-8-10-16(11-9-15)18(20)22-13-6-5-12-21-17(19)14(2)3;/h15-16H,2,4-13H2,1,3H3;1H. The smallest absolute Gasteiger partial charge is 0.333 e. The van der Waals surface area contributed by atoms with Crippen LogP contribution in [0.15, 0.2) is 12.2 Å². The molecule has 1 rings (SSSR count). The molecule has 0 aromatic carbocycles. The molecule has 22 heavy (non-hydrogen) atoms. The second kappa shape index (κ2) is 10.4. The van der Waals surface area contributed by atoms with E-state index in [2.05, 4.69) is 13.5 Å². The number of hydrogen-bond acceptors (Lipinski definition) is 4. The van der Waals surface area contributed by atoms with Gasteiger partial charge < -0.3 is 9.47 Å². The predicted octanol–water partition coefficient (Wildman–Crippen LogP) is 4.28. The minimum Gasteiger partial charge on any atom is -0.465 e. The van der Waals surface area contributed by atoms with Gasteiger partial charge in [0.2, 0.25) is 0 Å². The lowest BCUT2D eigenvalue weighted by Gasteiger charge is -2.26. The number of carbonyl (C=O) groups excluding carboxylic acids is 2. The second-order valence-electron chi connectivity index (χ2n) is 6.30. The van der Waals surface area contributed by atoms with Crippen molar-refractivity contribution in [1.82, 2.24) is 0 Å². The van der Waals surface area contributed by atoms with Gasteiger partial charge in [-0.3, -0.25) is 4.79 Å². The van der Waals surface area contributed by atoms with Gasteiger partial charge in [0.15, 0.2) is 0 Å². The molecule has 0 bridgehead atoms. The summed E-state index contributed by atoms with van der Waals surface area (Å²) in [4.78, 5) is 23.1. The number of esters is 2. The summed E-state index contributed by atoms with van der Waals surface area (Å²) in [5, 5.41) is 0. The van der Waals surface area contributed by atoms with Crippen molar-refractivity contribution in [3.63, 3.8) is 0 Å². The molecule has 0 saturated heterocycles. The van der Waals surface area contributed by atoms with E-state index in [1.165, 1.54) is 12.8 Å². The number of carbonyl (C=O) groups is 2. The molecule has 0 heterocycles. The first-order valence-electron chi connectivity index (χ1n) is 8.53. The number of ether oxygens (including phenoxy) is 2. The van der Waals surface area contributed by atoms with Crippen LogP contribution in [0, 0.1) is 11.8 Å². The Bertz CT molecular complexity index is 373. The SMILES string of the molecule is C=C(C)C(=O)OCCCCOC(=O)C1CCC(CCC)CC1.[HH]. The fraction of sp³-hybridized carbons (Fsp3) is 0.778. The molecule has 128 valence electrons. The molecule has 0 amide bonds. The van der Waals surface area contributed by atoms with Crippen molar-refractivity contribution in [3.05, 3.63) is 12.2 Å². The van der Waals surface area contributed by atoms with Crippen LogP contribution in [0.3, 0.4) is 0 Å². The summed E-state index contributed by atoms with van der Waals surface area (Å²) < 4.78 is 10.3. The van der Waals surface area contributed by atoms with Crippen LogP contribution in [0.5, 0.6) is 0 Å². The average Bonchev–Trinajstić information content (AvgIpc) is 2.51. The number of unbranched alkanes of at least 4 members (excludes halogenated alkanes) is 1. The molecule has 4 heteroatoms. The van der Waals surface area contributed by atoms with Crippen LogP contribution in [-0.2, 0) is 19.1 Å². The van der Waals surface area contributed by atoms with Crippen molar-refractivity contribution in [2.24, 2.45) is 11.8 Å². The van der Waals surface area contributed by atoms with Gasteiger partial charge in [-0.25, -0.2) is 4.79 Å². The van der Waals surface area contributed by atoms with Gasteiger partial charge in [-0.15, -0.1) is 0 Å². The highest BCUT2D eigenvalue weighted by atomic mass is 16.5. The molecule has 1 aliphatic carbocycles. The van der Waals surface area contributed by atoms with E-state index in [1.807, 2.05) is 0 Å². The molecule has 1 saturated carbocycles. The topological polar surface area (TPSA) is 52.6 Å². The Morgan fingerprint density at radius 3 is 2.23 bits per heavy atom. The zero-order valence-electron chi connectivity index (χ0n) is 14.1. The van der Waals surface area contributed by atoms with Crippen molar-refractivity contribution >= 4 is 11.9 Å². The van der Waals surface area contributed by atoms with Crippen LogP contribution >= 0.6 is 0 Å². The Morgan fingerprint density at radius 2 is 1.68 bits per heavy atom. The first-order chi connectivity index (χ1) is 10.5. The van der Waals surface area contributed by atoms with Crippen molar-refractivity contribution in [2.75, 3.05) is 13.2 Å². The molecule has 0 aromatic heterocycles. The molecule has 0 N–H and O–H groups in total. The number of hydrogen-bond donors (Lipinski definition) is 0. The fourth-order valence-corrected chi connectivity index (χ4v) is 2.88. The van der Waals surface area contributed by atoms with Gasteiger partial charge in [0, 0.05) is 7.00 Å². The fourth-order valence-electron chi connectivity index (χ4n) is 2.88. The Kier molecular flexibility index (Phi) is 8.86. The van der Waals surface area contributed by atoms with E-state index < -0.39 is 0 Å². The maximum absolute atomic E-state index is 12.0. The van der Waals surface area contributed by atoms with E-state index in [9.17, 15) is 9.59 Å². The third kappa shape index (κ3) is 7.10. The minimum absolute atomic E-state index is 0. The molecule has 0 aromatic rings. The minimum atomic E-state index is -0.360. The quantitative estimate of drug-likeness (QED) is 0.362. The van der Waals surface area contributed by atoms with Crippen LogP contribution < -0.4 is 0 Å². The van der Waals surface area contributed by atoms with Gasteiger partial charge in [-0.2, -0.15) is 0 Å². The van der Waals surface area contributed by atoms with Crippen molar-refractivity contribution < 1.29 is 20.5 Å². The van der Waals surface area contributed by atoms with Crippen LogP contribution in [-0.4, -0.2) is 25.2 Å². The Hall–Kier alpha value is -1.32. The van der Waals surface area contributed by atoms with Crippen LogP contribution in [0.1, 0.15) is 66.6 Å². The molecule has 1 aliphatic rings. The Labute approximate surface area is 135 Å². The normalized spacial score (nSPS) is 21.2. The zero-order chi connectivity index (χ0) is 16.4. The Balaban J connectivity index is 0.00000484. The summed E-state index contributed by atoms with van der Waals surface area (Å²) >= 11 is 0. The lowest BCUT2D eigenvalue weighted by molar-refractivity contribution is -0.150. The van der Waals surface area contributed by atoms with Gasteiger partial charge in [-0.1, -0.05) is 26.3 Å². The van der Waals surface area contributed by atoms with Gasteiger partial charge in [0.1, 0.15) is 0 Å². The van der Waals surface area contributed by atoms with Gasteiger partial charge >= 0.3 is 11.9 Å². The molecular weight excluding hydrogens is 280 g/mol. The lowest BCUT2D eigenvalue weighted by Crippen LogP contribution is -2.24. The molecule has 0 radical (unpaired) electrons. The molecule has 0 unspecified atom stereocenters. The van der Waals surface area contributed by atoms with Crippen molar-refractivity contribution in [1.29, 1.82) is 0 Å². The summed E-state index contributed by atoms with van der Waals surface area (Å²) in [5.41, 5.74) is 0.408. The zero-order valence-corrected chi connectivity index (χ0v) is 14.1. The summed E-state index contributed by atoms with van der Waals surface area (Å²) in [5.74, 6) is 0.487. The van der Waals surface area contributed by atoms with Crippen LogP contribution in [0.25, 0.3) is 0 Å². The van der Waals surface area contributed by atoms with Crippen LogP contribution in [0.4, 0.5) is 0 Å². The van der Waals surface area contributed by atoms with Gasteiger partial charge in [0.05, 0.1) is 19.1 Å². The summed E-state index contributed by atoms with van der Waals surface area (Å²) in [6.07, 6.45) is 8.20. The number of rotatable bonds is 9. The van der Waals surface area contributed by atoms with Gasteiger partial charge in [-0.05, 0) is 51.4 Å². The third-order valence-electron chi connectivity index (χ3n) is 4.24. The van der Waals surface area contributed by atoms with E-state index in [0.717, 1.165) is 38.0 Å². The highest BCUT2D eigenvalue weighted by Crippen LogP contribution is 2.32. The van der Waals surface area contributed by atoms with E-state index in [-0.39, 0.29) is 19.3 Å². The summed E-state index contributed by atoms with van der Waals surface area (Å²) in [6.45, 7) is 8.13. The predicted molar refractivity (Wildman–Crippen MR) is 88.4 cm³/mol. The highest BCUT2D eigenvalue weighted by Gasteiger charge is 2.26. The largest absolute Gasteiger partial charge is 0.465 e. The van der Waals surface area contributed by atoms with E-state index in [0.29, 0.717) is 25.2 Å². The lowest BCUT2D eigenvalue weighted by atomic mass is 9.80. The maximum Gasteiger partial charge on any atom is 0.333 e. The first kappa shape index (κ1) is 18.7. The average molecular weight is 312 g/mol. The molecule has 4 nitrogen and oxygen atoms in total. The second-order valence-corrected chi connectivity index (χ2v) is 6.30. The highest BCUT2D eigenvalue weighted by molar-refractivity contribution is 5.86. The van der Waals surface area contributed by atoms with E-state index in [4.69, 9.17) is 9.47 Å². The third-order valence-corrected chi connectivity index (χ3v) is 4.24. The molecular formula is C18H32O4.